The lowest BCUT2D eigenvalue weighted by atomic mass is 10.2. The Labute approximate surface area is 114 Å². The third kappa shape index (κ3) is 5.71. The van der Waals surface area contributed by atoms with Gasteiger partial charge in [0.2, 0.25) is 5.91 Å². The highest BCUT2D eigenvalue weighted by Gasteiger charge is 2.27. The van der Waals surface area contributed by atoms with Gasteiger partial charge in [0.15, 0.2) is 9.84 Å². The molecule has 0 aromatic heterocycles. The molecule has 1 fully saturated rings. The maximum atomic E-state index is 12.1. The molecular formula is C12H22N2O4S. The predicted molar refractivity (Wildman–Crippen MR) is 73.7 cm³/mol. The second-order valence-corrected chi connectivity index (χ2v) is 6.82. The first kappa shape index (κ1) is 16.1. The van der Waals surface area contributed by atoms with Gasteiger partial charge in [-0.1, -0.05) is 6.08 Å². The van der Waals surface area contributed by atoms with E-state index < -0.39 is 9.84 Å². The Morgan fingerprint density at radius 2 is 2.32 bits per heavy atom. The number of ether oxygens (including phenoxy) is 1. The Morgan fingerprint density at radius 3 is 2.89 bits per heavy atom. The van der Waals surface area contributed by atoms with E-state index in [2.05, 4.69) is 11.9 Å². The van der Waals surface area contributed by atoms with Crippen LogP contribution in [0, 0.1) is 0 Å². The maximum absolute atomic E-state index is 12.1. The molecular weight excluding hydrogens is 268 g/mol. The molecule has 1 atom stereocenters. The van der Waals surface area contributed by atoms with E-state index in [0.29, 0.717) is 26.2 Å². The number of sulfone groups is 1. The molecule has 1 aliphatic heterocycles. The largest absolute Gasteiger partial charge is 0.383 e. The molecule has 0 radical (unpaired) electrons. The summed E-state index contributed by atoms with van der Waals surface area (Å²) < 4.78 is 28.0. The molecule has 1 amide bonds. The first-order chi connectivity index (χ1) is 8.98. The molecule has 6 nitrogen and oxygen atoms in total. The van der Waals surface area contributed by atoms with Crippen LogP contribution in [-0.2, 0) is 19.4 Å². The van der Waals surface area contributed by atoms with Crippen LogP contribution < -0.4 is 5.32 Å². The number of carbonyl (C=O) groups excluding carboxylic acids is 1. The normalized spacial score (nSPS) is 21.8. The van der Waals surface area contributed by atoms with Crippen LogP contribution in [0.2, 0.25) is 0 Å². The molecule has 0 bridgehead atoms. The highest BCUT2D eigenvalue weighted by Crippen LogP contribution is 2.07. The lowest BCUT2D eigenvalue weighted by molar-refractivity contribution is -0.131. The van der Waals surface area contributed by atoms with Crippen LogP contribution in [-0.4, -0.2) is 70.1 Å². The Bertz CT molecular complexity index is 408. The number of amides is 1. The smallest absolute Gasteiger partial charge is 0.224 e. The summed E-state index contributed by atoms with van der Waals surface area (Å²) in [5.74, 6) is 0.106. The van der Waals surface area contributed by atoms with Gasteiger partial charge >= 0.3 is 0 Å². The molecule has 1 unspecified atom stereocenters. The molecule has 110 valence electrons. The Hall–Kier alpha value is -0.920. The van der Waals surface area contributed by atoms with Gasteiger partial charge in [0.05, 0.1) is 18.1 Å². The second-order valence-electron chi connectivity index (χ2n) is 4.59. The lowest BCUT2D eigenvalue weighted by Crippen LogP contribution is -2.48. The molecule has 19 heavy (non-hydrogen) atoms. The van der Waals surface area contributed by atoms with Crippen LogP contribution in [0.1, 0.15) is 6.42 Å². The standard InChI is InChI=1S/C12H22N2O4S/c1-3-5-14(6-7-18-2)12(15)9-11-10-19(16,17)8-4-13-11/h3,11,13H,1,4-10H2,2H3. The van der Waals surface area contributed by atoms with Crippen molar-refractivity contribution < 1.29 is 17.9 Å². The number of methoxy groups -OCH3 is 1. The average Bonchev–Trinajstić information content (AvgIpc) is 2.33. The van der Waals surface area contributed by atoms with Crippen LogP contribution in [0.25, 0.3) is 0 Å². The number of rotatable bonds is 7. The quantitative estimate of drug-likeness (QED) is 0.635. The number of hydrogen-bond donors (Lipinski definition) is 1. The molecule has 1 aliphatic rings. The van der Waals surface area contributed by atoms with Gasteiger partial charge in [0, 0.05) is 39.2 Å². The number of carbonyl (C=O) groups is 1. The molecule has 0 aromatic rings. The van der Waals surface area contributed by atoms with Crippen LogP contribution in [0.4, 0.5) is 0 Å². The van der Waals surface area contributed by atoms with Gasteiger partial charge in [-0.25, -0.2) is 8.42 Å². The summed E-state index contributed by atoms with van der Waals surface area (Å²) in [6.45, 7) is 5.42. The SMILES string of the molecule is C=CCN(CCOC)C(=O)CC1CS(=O)(=O)CCN1. The van der Waals surface area contributed by atoms with E-state index in [1.807, 2.05) is 0 Å². The van der Waals surface area contributed by atoms with E-state index in [0.717, 1.165) is 0 Å². The first-order valence-electron chi connectivity index (χ1n) is 6.30. The molecule has 0 spiro atoms. The maximum Gasteiger partial charge on any atom is 0.224 e. The predicted octanol–water partition coefficient (Wildman–Crippen LogP) is -0.576. The van der Waals surface area contributed by atoms with Gasteiger partial charge in [-0.3, -0.25) is 4.79 Å². The van der Waals surface area contributed by atoms with Crippen LogP contribution in [0.3, 0.4) is 0 Å². The number of nitrogens with one attached hydrogen (secondary N) is 1. The van der Waals surface area contributed by atoms with Gasteiger partial charge in [-0.15, -0.1) is 6.58 Å². The summed E-state index contributed by atoms with van der Waals surface area (Å²) in [6, 6.07) is -0.291. The van der Waals surface area contributed by atoms with Crippen molar-refractivity contribution in [1.82, 2.24) is 10.2 Å². The first-order valence-corrected chi connectivity index (χ1v) is 8.12. The topological polar surface area (TPSA) is 75.7 Å². The molecule has 1 N–H and O–H groups in total. The summed E-state index contributed by atoms with van der Waals surface area (Å²) in [6.07, 6.45) is 1.84. The molecule has 1 heterocycles. The third-order valence-electron chi connectivity index (χ3n) is 2.99. The van der Waals surface area contributed by atoms with Gasteiger partial charge in [-0.2, -0.15) is 0 Å². The fourth-order valence-corrected chi connectivity index (χ4v) is 3.46. The van der Waals surface area contributed by atoms with Crippen LogP contribution in [0.5, 0.6) is 0 Å². The third-order valence-corrected chi connectivity index (χ3v) is 4.73. The molecule has 7 heteroatoms. The van der Waals surface area contributed by atoms with E-state index in [1.54, 1.807) is 18.1 Å². The molecule has 0 saturated carbocycles. The van der Waals surface area contributed by atoms with Gasteiger partial charge in [-0.05, 0) is 0 Å². The van der Waals surface area contributed by atoms with E-state index in [4.69, 9.17) is 4.74 Å². The zero-order valence-corrected chi connectivity index (χ0v) is 12.1. The van der Waals surface area contributed by atoms with E-state index >= 15 is 0 Å². The van der Waals surface area contributed by atoms with Crippen molar-refractivity contribution in [3.8, 4) is 0 Å². The van der Waals surface area contributed by atoms with Crippen LogP contribution >= 0.6 is 0 Å². The minimum Gasteiger partial charge on any atom is -0.383 e. The highest BCUT2D eigenvalue weighted by molar-refractivity contribution is 7.91. The summed E-state index contributed by atoms with van der Waals surface area (Å²) in [5.41, 5.74) is 0. The minimum absolute atomic E-state index is 0.0327. The minimum atomic E-state index is -3.01. The van der Waals surface area contributed by atoms with Crippen molar-refractivity contribution >= 4 is 15.7 Å². The summed E-state index contributed by atoms with van der Waals surface area (Å²) >= 11 is 0. The van der Waals surface area contributed by atoms with Crippen LogP contribution in [0.15, 0.2) is 12.7 Å². The second kappa shape index (κ2) is 7.62. The van der Waals surface area contributed by atoms with Crippen molar-refractivity contribution in [3.63, 3.8) is 0 Å². The Kier molecular flexibility index (Phi) is 6.47. The van der Waals surface area contributed by atoms with Crippen molar-refractivity contribution in [3.05, 3.63) is 12.7 Å². The average molecular weight is 290 g/mol. The van der Waals surface area contributed by atoms with Crippen molar-refractivity contribution in [2.75, 3.05) is 44.9 Å². The molecule has 1 saturated heterocycles. The van der Waals surface area contributed by atoms with E-state index in [-0.39, 0.29) is 29.9 Å². The number of hydrogen-bond acceptors (Lipinski definition) is 5. The zero-order chi connectivity index (χ0) is 14.3. The monoisotopic (exact) mass is 290 g/mol. The summed E-state index contributed by atoms with van der Waals surface area (Å²) in [5, 5.41) is 3.07. The zero-order valence-electron chi connectivity index (χ0n) is 11.3. The van der Waals surface area contributed by atoms with E-state index in [9.17, 15) is 13.2 Å². The molecule has 0 aliphatic carbocycles. The van der Waals surface area contributed by atoms with Crippen molar-refractivity contribution in [2.24, 2.45) is 0 Å². The fourth-order valence-electron chi connectivity index (χ4n) is 2.01. The molecule has 0 aromatic carbocycles. The van der Waals surface area contributed by atoms with E-state index in [1.165, 1.54) is 0 Å². The van der Waals surface area contributed by atoms with Crippen molar-refractivity contribution in [2.45, 2.75) is 12.5 Å². The van der Waals surface area contributed by atoms with Gasteiger partial charge in [0.25, 0.3) is 0 Å². The Morgan fingerprint density at radius 1 is 1.58 bits per heavy atom. The number of nitrogens with zero attached hydrogens (tertiary/aromatic N) is 1. The lowest BCUT2D eigenvalue weighted by Gasteiger charge is -2.27. The Balaban J connectivity index is 2.52. The van der Waals surface area contributed by atoms with Crippen molar-refractivity contribution in [1.29, 1.82) is 0 Å². The van der Waals surface area contributed by atoms with Gasteiger partial charge in [0.1, 0.15) is 0 Å². The molecule has 1 rings (SSSR count). The fraction of sp³-hybridized carbons (Fsp3) is 0.750. The highest BCUT2D eigenvalue weighted by atomic mass is 32.2. The summed E-state index contributed by atoms with van der Waals surface area (Å²) in [7, 11) is -1.44. The van der Waals surface area contributed by atoms with Gasteiger partial charge < -0.3 is 15.0 Å². The summed E-state index contributed by atoms with van der Waals surface area (Å²) in [4.78, 5) is 13.7.